The fourth-order valence-electron chi connectivity index (χ4n) is 7.41. The molecule has 0 spiro atoms. The maximum Gasteiger partial charge on any atom is 0.159 e. The molecular weight excluding hydrogens is 615 g/mol. The molecular formula is C43H33N7. The van der Waals surface area contributed by atoms with Crippen LogP contribution in [0.4, 0.5) is 0 Å². The average Bonchev–Trinajstić information content (AvgIpc) is 3.73. The Kier molecular flexibility index (Phi) is 6.55. The van der Waals surface area contributed by atoms with E-state index in [-0.39, 0.29) is 6.17 Å². The SMILES string of the molecule is C1=CC(C2=NC(c3ccc(-n4c5ccccc5c5cc(-c6ccc7[nH]c8ccccc8c7c6)ccc54)cc3)NC(C3=CCNC=C3)=N2)=CCN1. The lowest BCUT2D eigenvalue weighted by atomic mass is 10.0. The molecule has 3 aliphatic heterocycles. The summed E-state index contributed by atoms with van der Waals surface area (Å²) in [5.41, 5.74) is 11.4. The Morgan fingerprint density at radius 1 is 0.600 bits per heavy atom. The van der Waals surface area contributed by atoms with Crippen LogP contribution in [0.5, 0.6) is 0 Å². The monoisotopic (exact) mass is 647 g/mol. The Morgan fingerprint density at radius 3 is 2.08 bits per heavy atom. The van der Waals surface area contributed by atoms with Crippen LogP contribution >= 0.6 is 0 Å². The summed E-state index contributed by atoms with van der Waals surface area (Å²) in [6.07, 6.45) is 12.0. The number of aromatic amines is 1. The van der Waals surface area contributed by atoms with Gasteiger partial charge in [0.2, 0.25) is 0 Å². The predicted octanol–water partition coefficient (Wildman–Crippen LogP) is 8.57. The summed E-state index contributed by atoms with van der Waals surface area (Å²) in [7, 11) is 0. The molecule has 7 aromatic rings. The second kappa shape index (κ2) is 11.5. The van der Waals surface area contributed by atoms with Gasteiger partial charge in [-0.25, -0.2) is 9.98 Å². The molecule has 0 aliphatic carbocycles. The first-order valence-electron chi connectivity index (χ1n) is 17.1. The van der Waals surface area contributed by atoms with Crippen LogP contribution < -0.4 is 16.0 Å². The molecule has 3 aliphatic rings. The Hall–Kier alpha value is -6.60. The molecule has 5 heterocycles. The van der Waals surface area contributed by atoms with E-state index in [2.05, 4.69) is 153 Å². The molecule has 10 rings (SSSR count). The molecule has 0 radical (unpaired) electrons. The standard InChI is InChI=1S/C43H33N7/c1-3-7-37-33(5-1)35-25-30(11-15-38(35)46-37)31-12-16-40-36(26-31)34-6-2-4-8-39(34)50(40)32-13-9-27(10-14-32)41-47-42(28-17-21-44-22-18-28)49-43(48-41)29-19-23-45-24-20-29/h1-21,23,25-26,41,44-46H,22,24H2,(H,47,48,49). The van der Waals surface area contributed by atoms with E-state index in [1.54, 1.807) is 0 Å². The lowest BCUT2D eigenvalue weighted by molar-refractivity contribution is 0.673. The normalized spacial score (nSPS) is 17.2. The molecule has 0 fully saturated rings. The number of nitrogens with zero attached hydrogens (tertiary/aromatic N) is 3. The largest absolute Gasteiger partial charge is 0.387 e. The summed E-state index contributed by atoms with van der Waals surface area (Å²) in [5.74, 6) is 1.57. The van der Waals surface area contributed by atoms with Crippen LogP contribution in [0, 0.1) is 0 Å². The molecule has 0 bridgehead atoms. The van der Waals surface area contributed by atoms with E-state index in [4.69, 9.17) is 9.98 Å². The minimum Gasteiger partial charge on any atom is -0.387 e. The quantitative estimate of drug-likeness (QED) is 0.151. The Balaban J connectivity index is 1.03. The van der Waals surface area contributed by atoms with Crippen molar-refractivity contribution in [2.75, 3.05) is 13.1 Å². The zero-order chi connectivity index (χ0) is 33.0. The number of benzene rings is 5. The predicted molar refractivity (Wildman–Crippen MR) is 207 cm³/mol. The van der Waals surface area contributed by atoms with Gasteiger partial charge in [0.15, 0.2) is 5.84 Å². The van der Waals surface area contributed by atoms with Crippen molar-refractivity contribution in [1.82, 2.24) is 25.5 Å². The van der Waals surface area contributed by atoms with Gasteiger partial charge < -0.3 is 25.5 Å². The van der Waals surface area contributed by atoms with E-state index in [9.17, 15) is 0 Å². The van der Waals surface area contributed by atoms with Crippen molar-refractivity contribution in [2.45, 2.75) is 6.17 Å². The third-order valence-corrected chi connectivity index (χ3v) is 9.89. The third-order valence-electron chi connectivity index (χ3n) is 9.89. The number of aliphatic imine (C=N–C) groups is 2. The van der Waals surface area contributed by atoms with E-state index in [0.29, 0.717) is 0 Å². The number of aromatic nitrogens is 2. The molecule has 0 saturated heterocycles. The first-order valence-corrected chi connectivity index (χ1v) is 17.1. The van der Waals surface area contributed by atoms with E-state index >= 15 is 0 Å². The summed E-state index contributed by atoms with van der Waals surface area (Å²) >= 11 is 0. The van der Waals surface area contributed by atoms with Crippen molar-refractivity contribution in [3.63, 3.8) is 0 Å². The maximum atomic E-state index is 5.08. The van der Waals surface area contributed by atoms with Crippen LogP contribution in [0.25, 0.3) is 60.4 Å². The number of nitrogens with one attached hydrogen (secondary N) is 4. The molecule has 0 amide bonds. The second-order valence-electron chi connectivity index (χ2n) is 12.9. The van der Waals surface area contributed by atoms with Gasteiger partial charge in [0.05, 0.1) is 11.0 Å². The van der Waals surface area contributed by atoms with Crippen LogP contribution in [0.1, 0.15) is 11.7 Å². The number of fused-ring (bicyclic) bond motifs is 6. The van der Waals surface area contributed by atoms with Gasteiger partial charge in [-0.05, 0) is 89.8 Å². The fraction of sp³-hybridized carbons (Fsp3) is 0.0698. The highest BCUT2D eigenvalue weighted by molar-refractivity contribution is 6.15. The zero-order valence-corrected chi connectivity index (χ0v) is 27.2. The summed E-state index contributed by atoms with van der Waals surface area (Å²) in [5, 5.41) is 15.0. The van der Waals surface area contributed by atoms with Crippen LogP contribution in [0.2, 0.25) is 0 Å². The van der Waals surface area contributed by atoms with Crippen molar-refractivity contribution in [3.05, 3.63) is 163 Å². The minimum atomic E-state index is -0.268. The van der Waals surface area contributed by atoms with Crippen molar-refractivity contribution < 1.29 is 0 Å². The van der Waals surface area contributed by atoms with E-state index in [1.807, 2.05) is 18.5 Å². The van der Waals surface area contributed by atoms with E-state index in [0.717, 1.165) is 58.2 Å². The van der Waals surface area contributed by atoms with Crippen molar-refractivity contribution in [3.8, 4) is 16.8 Å². The number of dihydropyridines is 2. The lowest BCUT2D eigenvalue weighted by Gasteiger charge is -2.25. The first kappa shape index (κ1) is 28.4. The third kappa shape index (κ3) is 4.74. The first-order chi connectivity index (χ1) is 24.8. The molecule has 2 aromatic heterocycles. The zero-order valence-electron chi connectivity index (χ0n) is 27.2. The smallest absolute Gasteiger partial charge is 0.159 e. The summed E-state index contributed by atoms with van der Waals surface area (Å²) in [4.78, 5) is 13.6. The van der Waals surface area contributed by atoms with E-state index < -0.39 is 0 Å². The Labute approximate surface area is 288 Å². The summed E-state index contributed by atoms with van der Waals surface area (Å²) in [6, 6.07) is 39.6. The highest BCUT2D eigenvalue weighted by atomic mass is 15.2. The van der Waals surface area contributed by atoms with E-state index in [1.165, 1.54) is 43.7 Å². The summed E-state index contributed by atoms with van der Waals surface area (Å²) < 4.78 is 2.37. The molecule has 4 N–H and O–H groups in total. The van der Waals surface area contributed by atoms with Crippen molar-refractivity contribution in [2.24, 2.45) is 9.98 Å². The van der Waals surface area contributed by atoms with Gasteiger partial charge in [-0.3, -0.25) is 0 Å². The van der Waals surface area contributed by atoms with Gasteiger partial charge >= 0.3 is 0 Å². The molecule has 240 valence electrons. The van der Waals surface area contributed by atoms with Gasteiger partial charge in [0, 0.05) is 62.5 Å². The number of hydrogen-bond donors (Lipinski definition) is 4. The average molecular weight is 648 g/mol. The molecule has 1 atom stereocenters. The minimum absolute atomic E-state index is 0.268. The highest BCUT2D eigenvalue weighted by Crippen LogP contribution is 2.37. The molecule has 7 nitrogen and oxygen atoms in total. The topological polar surface area (TPSA) is 81.5 Å². The lowest BCUT2D eigenvalue weighted by Crippen LogP contribution is -2.35. The second-order valence-corrected chi connectivity index (χ2v) is 12.9. The Morgan fingerprint density at radius 2 is 1.28 bits per heavy atom. The van der Waals surface area contributed by atoms with Crippen LogP contribution in [0.3, 0.4) is 0 Å². The van der Waals surface area contributed by atoms with Crippen LogP contribution in [-0.2, 0) is 0 Å². The number of amidine groups is 2. The Bertz CT molecular complexity index is 2680. The number of hydrogen-bond acceptors (Lipinski definition) is 5. The number of H-pyrrole nitrogens is 1. The van der Waals surface area contributed by atoms with Gasteiger partial charge in [-0.15, -0.1) is 0 Å². The molecule has 50 heavy (non-hydrogen) atoms. The van der Waals surface area contributed by atoms with Gasteiger partial charge in [-0.1, -0.05) is 72.8 Å². The number of rotatable bonds is 5. The maximum absolute atomic E-state index is 5.08. The number of para-hydroxylation sites is 2. The van der Waals surface area contributed by atoms with Crippen LogP contribution in [-0.4, -0.2) is 34.3 Å². The van der Waals surface area contributed by atoms with Crippen molar-refractivity contribution in [1.29, 1.82) is 0 Å². The molecule has 1 unspecified atom stereocenters. The molecule has 7 heteroatoms. The fourth-order valence-corrected chi connectivity index (χ4v) is 7.41. The van der Waals surface area contributed by atoms with Crippen molar-refractivity contribution >= 4 is 55.3 Å². The van der Waals surface area contributed by atoms with Gasteiger partial charge in [-0.2, -0.15) is 0 Å². The van der Waals surface area contributed by atoms with Gasteiger partial charge in [0.1, 0.15) is 12.0 Å². The van der Waals surface area contributed by atoms with Crippen LogP contribution in [0.15, 0.2) is 167 Å². The highest BCUT2D eigenvalue weighted by Gasteiger charge is 2.23. The summed E-state index contributed by atoms with van der Waals surface area (Å²) in [6.45, 7) is 1.53. The van der Waals surface area contributed by atoms with Gasteiger partial charge in [0.25, 0.3) is 0 Å². The molecule has 0 saturated carbocycles. The molecule has 5 aromatic carbocycles.